The second kappa shape index (κ2) is 11.3. The number of rotatable bonds is 10. The number of likely N-dealkylation sites (tertiary alicyclic amines) is 1. The normalized spacial score (nSPS) is 13.5. The summed E-state index contributed by atoms with van der Waals surface area (Å²) in [5, 5.41) is 3.28. The van der Waals surface area contributed by atoms with E-state index in [0.29, 0.717) is 23.0 Å². The lowest BCUT2D eigenvalue weighted by Crippen LogP contribution is -2.40. The second-order valence-corrected chi connectivity index (χ2v) is 10.6. The molecule has 0 aliphatic carbocycles. The maximum absolute atomic E-state index is 15.0. The topological polar surface area (TPSA) is 109 Å². The smallest absolute Gasteiger partial charge is 0.263 e. The van der Waals surface area contributed by atoms with Gasteiger partial charge in [-0.3, -0.25) is 9.71 Å². The molecule has 4 aromatic rings. The van der Waals surface area contributed by atoms with Crippen molar-refractivity contribution < 1.29 is 17.5 Å². The first-order valence-corrected chi connectivity index (χ1v) is 13.7. The minimum Gasteiger partial charge on any atom is -0.453 e. The van der Waals surface area contributed by atoms with Crippen LogP contribution in [0.5, 0.6) is 11.5 Å². The van der Waals surface area contributed by atoms with Crippen LogP contribution in [0.25, 0.3) is 11.3 Å². The lowest BCUT2D eigenvalue weighted by atomic mass is 10.2. The molecule has 0 spiro atoms. The van der Waals surface area contributed by atoms with Crippen molar-refractivity contribution in [3.8, 4) is 22.8 Å². The van der Waals surface area contributed by atoms with E-state index in [1.54, 1.807) is 36.7 Å². The van der Waals surface area contributed by atoms with Crippen molar-refractivity contribution in [2.75, 3.05) is 36.2 Å². The predicted octanol–water partition coefficient (Wildman–Crippen LogP) is 5.04. The second-order valence-electron chi connectivity index (χ2n) is 8.54. The minimum atomic E-state index is -4.01. The lowest BCUT2D eigenvalue weighted by molar-refractivity contribution is 0.189. The Kier molecular flexibility index (Phi) is 7.68. The van der Waals surface area contributed by atoms with E-state index in [1.165, 1.54) is 36.9 Å². The van der Waals surface area contributed by atoms with E-state index < -0.39 is 15.8 Å². The molecular formula is C26H24ClFN6O3S. The Labute approximate surface area is 224 Å². The lowest BCUT2D eigenvalue weighted by Gasteiger charge is -2.30. The SMILES string of the molecule is O=S(=O)(Nc1ccc(Oc2ccncc2-c2ccnc(NCCN3CCC3)n2)c(F)c1)c1ccccc1Cl. The first-order valence-electron chi connectivity index (χ1n) is 11.9. The maximum atomic E-state index is 15.0. The molecule has 2 N–H and O–H groups in total. The highest BCUT2D eigenvalue weighted by atomic mass is 35.5. The summed E-state index contributed by atoms with van der Waals surface area (Å²) in [6.45, 7) is 3.86. The first-order chi connectivity index (χ1) is 18.4. The summed E-state index contributed by atoms with van der Waals surface area (Å²) in [6, 6.07) is 13.1. The van der Waals surface area contributed by atoms with Gasteiger partial charge in [0.05, 0.1) is 22.0 Å². The minimum absolute atomic E-state index is 0.0227. The predicted molar refractivity (Wildman–Crippen MR) is 144 cm³/mol. The molecule has 1 aliphatic heterocycles. The molecular weight excluding hydrogens is 531 g/mol. The zero-order valence-electron chi connectivity index (χ0n) is 20.1. The third kappa shape index (κ3) is 6.01. The van der Waals surface area contributed by atoms with Crippen LogP contribution in [0.15, 0.2) is 78.1 Å². The number of pyridine rings is 1. The van der Waals surface area contributed by atoms with Crippen molar-refractivity contribution in [1.82, 2.24) is 19.9 Å². The first kappa shape index (κ1) is 25.8. The fourth-order valence-electron chi connectivity index (χ4n) is 3.83. The molecule has 0 atom stereocenters. The quantitative estimate of drug-likeness (QED) is 0.280. The summed E-state index contributed by atoms with van der Waals surface area (Å²) in [5.74, 6) is -0.0593. The van der Waals surface area contributed by atoms with Crippen LogP contribution in [0.4, 0.5) is 16.0 Å². The Morgan fingerprint density at radius 3 is 2.66 bits per heavy atom. The van der Waals surface area contributed by atoms with Crippen LogP contribution in [-0.4, -0.2) is 54.4 Å². The monoisotopic (exact) mass is 554 g/mol. The number of hydrogen-bond donors (Lipinski definition) is 2. The number of halogens is 2. The van der Waals surface area contributed by atoms with Crippen molar-refractivity contribution in [1.29, 1.82) is 0 Å². The van der Waals surface area contributed by atoms with Crippen LogP contribution in [0.1, 0.15) is 6.42 Å². The highest BCUT2D eigenvalue weighted by molar-refractivity contribution is 7.92. The molecule has 2 aromatic heterocycles. The summed E-state index contributed by atoms with van der Waals surface area (Å²) >= 11 is 6.01. The summed E-state index contributed by atoms with van der Waals surface area (Å²) in [6.07, 6.45) is 5.96. The summed E-state index contributed by atoms with van der Waals surface area (Å²) < 4.78 is 48.5. The molecule has 0 bridgehead atoms. The number of ether oxygens (including phenoxy) is 1. The molecule has 9 nitrogen and oxygen atoms in total. The fraction of sp³-hybridized carbons (Fsp3) is 0.192. The van der Waals surface area contributed by atoms with E-state index >= 15 is 0 Å². The molecule has 1 aliphatic rings. The number of sulfonamides is 1. The standard InChI is InChI=1S/C26H24ClFN6O3S/c27-20-4-1-2-5-25(20)38(35,36)33-18-6-7-24(21(28)16-18)37-23-9-10-29-17-19(23)22-8-11-30-26(32-22)31-12-15-34-13-3-14-34/h1-2,4-11,16-17,33H,3,12-15H2,(H,30,31,32). The summed E-state index contributed by atoms with van der Waals surface area (Å²) in [5.41, 5.74) is 1.12. The van der Waals surface area contributed by atoms with E-state index in [1.807, 2.05) is 0 Å². The van der Waals surface area contributed by atoms with E-state index in [0.717, 1.165) is 32.2 Å². The number of benzene rings is 2. The zero-order valence-corrected chi connectivity index (χ0v) is 21.7. The van der Waals surface area contributed by atoms with Crippen molar-refractivity contribution in [2.24, 2.45) is 0 Å². The van der Waals surface area contributed by atoms with Crippen molar-refractivity contribution in [3.63, 3.8) is 0 Å². The molecule has 2 aromatic carbocycles. The Bertz CT molecular complexity index is 1550. The van der Waals surface area contributed by atoms with Gasteiger partial charge in [-0.1, -0.05) is 23.7 Å². The Morgan fingerprint density at radius 1 is 1.05 bits per heavy atom. The molecule has 3 heterocycles. The van der Waals surface area contributed by atoms with Gasteiger partial charge < -0.3 is 15.0 Å². The molecule has 0 saturated carbocycles. The average molecular weight is 555 g/mol. The van der Waals surface area contributed by atoms with Gasteiger partial charge in [0.1, 0.15) is 10.6 Å². The van der Waals surface area contributed by atoms with Gasteiger partial charge in [-0.15, -0.1) is 0 Å². The van der Waals surface area contributed by atoms with Crippen LogP contribution in [0.3, 0.4) is 0 Å². The Morgan fingerprint density at radius 2 is 1.89 bits per heavy atom. The van der Waals surface area contributed by atoms with E-state index in [2.05, 4.69) is 29.9 Å². The largest absolute Gasteiger partial charge is 0.453 e. The van der Waals surface area contributed by atoms with Gasteiger partial charge in [-0.25, -0.2) is 22.8 Å². The third-order valence-corrected chi connectivity index (χ3v) is 7.78. The number of anilines is 2. The van der Waals surface area contributed by atoms with Crippen LogP contribution in [0, 0.1) is 5.82 Å². The van der Waals surface area contributed by atoms with Crippen LogP contribution < -0.4 is 14.8 Å². The Hall–Kier alpha value is -3.80. The summed E-state index contributed by atoms with van der Waals surface area (Å²) in [7, 11) is -4.01. The number of nitrogens with zero attached hydrogens (tertiary/aromatic N) is 4. The number of nitrogens with one attached hydrogen (secondary N) is 2. The molecule has 1 saturated heterocycles. The van der Waals surface area contributed by atoms with E-state index in [4.69, 9.17) is 16.3 Å². The maximum Gasteiger partial charge on any atom is 0.263 e. The molecule has 5 rings (SSSR count). The van der Waals surface area contributed by atoms with Gasteiger partial charge in [0.25, 0.3) is 10.0 Å². The number of aromatic nitrogens is 3. The molecule has 12 heteroatoms. The van der Waals surface area contributed by atoms with Crippen LogP contribution >= 0.6 is 11.6 Å². The molecule has 0 amide bonds. The summed E-state index contributed by atoms with van der Waals surface area (Å²) in [4.78, 5) is 15.2. The van der Waals surface area contributed by atoms with Crippen LogP contribution in [-0.2, 0) is 10.0 Å². The van der Waals surface area contributed by atoms with Crippen LogP contribution in [0.2, 0.25) is 5.02 Å². The van der Waals surface area contributed by atoms with Crippen molar-refractivity contribution in [2.45, 2.75) is 11.3 Å². The average Bonchev–Trinajstić information content (AvgIpc) is 2.87. The van der Waals surface area contributed by atoms with Gasteiger partial charge in [0, 0.05) is 37.7 Å². The number of hydrogen-bond acceptors (Lipinski definition) is 8. The van der Waals surface area contributed by atoms with Crippen molar-refractivity contribution >= 4 is 33.3 Å². The van der Waals surface area contributed by atoms with Gasteiger partial charge in [0.2, 0.25) is 5.95 Å². The highest BCUT2D eigenvalue weighted by Crippen LogP contribution is 2.34. The van der Waals surface area contributed by atoms with Crippen molar-refractivity contribution in [3.05, 3.63) is 84.0 Å². The highest BCUT2D eigenvalue weighted by Gasteiger charge is 2.19. The molecule has 196 valence electrons. The fourth-order valence-corrected chi connectivity index (χ4v) is 5.40. The van der Waals surface area contributed by atoms with Gasteiger partial charge in [0.15, 0.2) is 11.6 Å². The van der Waals surface area contributed by atoms with Gasteiger partial charge in [-0.2, -0.15) is 0 Å². The Balaban J connectivity index is 1.32. The molecule has 0 radical (unpaired) electrons. The van der Waals surface area contributed by atoms with E-state index in [-0.39, 0.29) is 21.4 Å². The van der Waals surface area contributed by atoms with Gasteiger partial charge >= 0.3 is 0 Å². The van der Waals surface area contributed by atoms with E-state index in [9.17, 15) is 12.8 Å². The zero-order chi connectivity index (χ0) is 26.5. The molecule has 38 heavy (non-hydrogen) atoms. The third-order valence-electron chi connectivity index (χ3n) is 5.90. The molecule has 0 unspecified atom stereocenters. The molecule has 1 fully saturated rings. The van der Waals surface area contributed by atoms with Gasteiger partial charge in [-0.05, 0) is 55.9 Å².